The molecular formula is C10H6F3NO4. The summed E-state index contributed by atoms with van der Waals surface area (Å²) in [5.41, 5.74) is -1.40. The van der Waals surface area contributed by atoms with Gasteiger partial charge in [-0.3, -0.25) is 0 Å². The maximum Gasteiger partial charge on any atom is 0.387 e. The van der Waals surface area contributed by atoms with E-state index < -0.39 is 41.4 Å². The number of hydrogen-bond donors (Lipinski definition) is 2. The minimum atomic E-state index is -3.22. The first-order valence-electron chi connectivity index (χ1n) is 4.46. The zero-order chi connectivity index (χ0) is 13.9. The summed E-state index contributed by atoms with van der Waals surface area (Å²) in [5, 5.41) is 26.4. The van der Waals surface area contributed by atoms with Gasteiger partial charge in [-0.05, 0) is 6.07 Å². The second-order valence-corrected chi connectivity index (χ2v) is 3.10. The smallest absolute Gasteiger partial charge is 0.387 e. The van der Waals surface area contributed by atoms with Crippen molar-refractivity contribution in [1.82, 2.24) is 0 Å². The topological polar surface area (TPSA) is 90.5 Å². The van der Waals surface area contributed by atoms with E-state index in [9.17, 15) is 23.1 Å². The highest BCUT2D eigenvalue weighted by atomic mass is 19.3. The molecule has 96 valence electrons. The Morgan fingerprint density at radius 1 is 1.44 bits per heavy atom. The molecule has 1 atom stereocenters. The molecule has 0 fully saturated rings. The van der Waals surface area contributed by atoms with Gasteiger partial charge in [-0.1, -0.05) is 0 Å². The Morgan fingerprint density at radius 3 is 2.50 bits per heavy atom. The highest BCUT2D eigenvalue weighted by Crippen LogP contribution is 2.27. The maximum absolute atomic E-state index is 13.5. The molecule has 0 amide bonds. The van der Waals surface area contributed by atoms with Gasteiger partial charge in [0.1, 0.15) is 11.6 Å². The van der Waals surface area contributed by atoms with E-state index in [0.29, 0.717) is 6.07 Å². The van der Waals surface area contributed by atoms with Gasteiger partial charge in [0.05, 0.1) is 11.6 Å². The van der Waals surface area contributed by atoms with Crippen LogP contribution in [0.15, 0.2) is 12.1 Å². The van der Waals surface area contributed by atoms with Crippen molar-refractivity contribution in [3.05, 3.63) is 29.1 Å². The van der Waals surface area contributed by atoms with Crippen LogP contribution in [0.25, 0.3) is 0 Å². The molecule has 0 saturated heterocycles. The van der Waals surface area contributed by atoms with E-state index in [0.717, 1.165) is 6.07 Å². The number of halogens is 3. The highest BCUT2D eigenvalue weighted by molar-refractivity contribution is 5.75. The number of benzene rings is 1. The van der Waals surface area contributed by atoms with Gasteiger partial charge in [-0.2, -0.15) is 14.0 Å². The number of hydrogen-bond acceptors (Lipinski definition) is 4. The minimum absolute atomic E-state index is 0.467. The Hall–Kier alpha value is -2.27. The Balaban J connectivity index is 3.29. The first kappa shape index (κ1) is 13.8. The van der Waals surface area contributed by atoms with Gasteiger partial charge in [0.15, 0.2) is 6.10 Å². The van der Waals surface area contributed by atoms with Crippen LogP contribution in [-0.4, -0.2) is 22.8 Å². The Bertz CT molecular complexity index is 513. The first-order chi connectivity index (χ1) is 8.36. The summed E-state index contributed by atoms with van der Waals surface area (Å²) in [6, 6.07) is 2.58. The van der Waals surface area contributed by atoms with Gasteiger partial charge < -0.3 is 14.9 Å². The van der Waals surface area contributed by atoms with Gasteiger partial charge >= 0.3 is 12.6 Å². The van der Waals surface area contributed by atoms with Gasteiger partial charge in [-0.25, -0.2) is 9.18 Å². The molecule has 2 N–H and O–H groups in total. The van der Waals surface area contributed by atoms with Crippen molar-refractivity contribution in [2.24, 2.45) is 0 Å². The molecule has 0 aromatic heterocycles. The summed E-state index contributed by atoms with van der Waals surface area (Å²) >= 11 is 0. The van der Waals surface area contributed by atoms with Crippen molar-refractivity contribution in [3.8, 4) is 11.8 Å². The molecule has 0 spiro atoms. The third-order valence-electron chi connectivity index (χ3n) is 1.96. The summed E-state index contributed by atoms with van der Waals surface area (Å²) in [5.74, 6) is -3.73. The van der Waals surface area contributed by atoms with Crippen LogP contribution in [0.2, 0.25) is 0 Å². The Morgan fingerprint density at radius 2 is 2.06 bits per heavy atom. The van der Waals surface area contributed by atoms with Gasteiger partial charge in [-0.15, -0.1) is 0 Å². The van der Waals surface area contributed by atoms with Crippen LogP contribution in [-0.2, 0) is 4.79 Å². The number of nitrogens with zero attached hydrogens (tertiary/aromatic N) is 1. The second kappa shape index (κ2) is 5.37. The van der Waals surface area contributed by atoms with Gasteiger partial charge in [0.25, 0.3) is 0 Å². The van der Waals surface area contributed by atoms with Crippen molar-refractivity contribution in [2.75, 3.05) is 0 Å². The molecule has 0 aliphatic rings. The van der Waals surface area contributed by atoms with Crippen molar-refractivity contribution >= 4 is 5.97 Å². The van der Waals surface area contributed by atoms with Crippen LogP contribution in [0, 0.1) is 17.1 Å². The van der Waals surface area contributed by atoms with Crippen LogP contribution >= 0.6 is 0 Å². The van der Waals surface area contributed by atoms with Crippen LogP contribution in [0.5, 0.6) is 5.75 Å². The number of aliphatic hydroxyl groups is 1. The number of aliphatic carboxylic acids is 1. The van der Waals surface area contributed by atoms with Crippen molar-refractivity contribution < 1.29 is 32.9 Å². The zero-order valence-corrected chi connectivity index (χ0v) is 8.60. The van der Waals surface area contributed by atoms with E-state index >= 15 is 0 Å². The number of ether oxygens (including phenoxy) is 1. The fourth-order valence-corrected chi connectivity index (χ4v) is 1.26. The fourth-order valence-electron chi connectivity index (χ4n) is 1.26. The number of carboxylic acids is 1. The Kier molecular flexibility index (Phi) is 4.12. The van der Waals surface area contributed by atoms with Crippen molar-refractivity contribution in [2.45, 2.75) is 12.7 Å². The van der Waals surface area contributed by atoms with Crippen LogP contribution < -0.4 is 4.74 Å². The van der Waals surface area contributed by atoms with Crippen molar-refractivity contribution in [3.63, 3.8) is 0 Å². The third-order valence-corrected chi connectivity index (χ3v) is 1.96. The molecule has 18 heavy (non-hydrogen) atoms. The van der Waals surface area contributed by atoms with Gasteiger partial charge in [0.2, 0.25) is 0 Å². The van der Waals surface area contributed by atoms with E-state index in [1.165, 1.54) is 6.07 Å². The molecule has 1 rings (SSSR count). The first-order valence-corrected chi connectivity index (χ1v) is 4.46. The minimum Gasteiger partial charge on any atom is -0.479 e. The molecule has 0 saturated carbocycles. The maximum atomic E-state index is 13.5. The number of aliphatic hydroxyl groups excluding tert-OH is 1. The molecule has 0 bridgehead atoms. The average Bonchev–Trinajstić information content (AvgIpc) is 2.26. The lowest BCUT2D eigenvalue weighted by Gasteiger charge is -2.11. The van der Waals surface area contributed by atoms with Crippen LogP contribution in [0.4, 0.5) is 13.2 Å². The Labute approximate surface area is 98.6 Å². The molecule has 0 heterocycles. The molecule has 1 aromatic rings. The van der Waals surface area contributed by atoms with E-state index in [1.54, 1.807) is 0 Å². The lowest BCUT2D eigenvalue weighted by Crippen LogP contribution is -2.14. The summed E-state index contributed by atoms with van der Waals surface area (Å²) in [6.45, 7) is -3.22. The summed E-state index contributed by atoms with van der Waals surface area (Å²) < 4.78 is 41.1. The van der Waals surface area contributed by atoms with E-state index in [2.05, 4.69) is 4.74 Å². The van der Waals surface area contributed by atoms with Crippen LogP contribution in [0.3, 0.4) is 0 Å². The van der Waals surface area contributed by atoms with E-state index in [-0.39, 0.29) is 0 Å². The number of rotatable bonds is 4. The predicted octanol–water partition coefficient (Wildman–Crippen LogP) is 1.42. The highest BCUT2D eigenvalue weighted by Gasteiger charge is 2.25. The molecular weight excluding hydrogens is 255 g/mol. The molecule has 8 heteroatoms. The molecule has 5 nitrogen and oxygen atoms in total. The second-order valence-electron chi connectivity index (χ2n) is 3.10. The predicted molar refractivity (Wildman–Crippen MR) is 50.3 cm³/mol. The number of carbonyl (C=O) groups is 1. The largest absolute Gasteiger partial charge is 0.479 e. The van der Waals surface area contributed by atoms with Crippen LogP contribution in [0.1, 0.15) is 17.2 Å². The molecule has 0 aliphatic carbocycles. The quantitative estimate of drug-likeness (QED) is 0.855. The lowest BCUT2D eigenvalue weighted by molar-refractivity contribution is -0.147. The number of nitriles is 1. The summed E-state index contributed by atoms with van der Waals surface area (Å²) in [7, 11) is 0. The van der Waals surface area contributed by atoms with Gasteiger partial charge in [0, 0.05) is 11.6 Å². The molecule has 0 aliphatic heterocycles. The average molecular weight is 261 g/mol. The zero-order valence-electron chi connectivity index (χ0n) is 8.60. The van der Waals surface area contributed by atoms with Crippen molar-refractivity contribution in [1.29, 1.82) is 5.26 Å². The fraction of sp³-hybridized carbons (Fsp3) is 0.200. The number of carboxylic acid groups (broad SMARTS) is 1. The lowest BCUT2D eigenvalue weighted by atomic mass is 10.0. The monoisotopic (exact) mass is 261 g/mol. The summed E-state index contributed by atoms with van der Waals surface area (Å²) in [6.07, 6.45) is -2.26. The number of alkyl halides is 2. The molecule has 1 aromatic carbocycles. The normalized spacial score (nSPS) is 12.0. The standard InChI is InChI=1S/C10H6F3NO4/c11-6-2-5(18-10(12)13)1-4(3-14)7(6)8(15)9(16)17/h1-2,8,10,15H,(H,16,17). The van der Waals surface area contributed by atoms with E-state index in [1.807, 2.05) is 0 Å². The SMILES string of the molecule is N#Cc1cc(OC(F)F)cc(F)c1C(O)C(=O)O. The molecule has 0 radical (unpaired) electrons. The van der Waals surface area contributed by atoms with E-state index in [4.69, 9.17) is 10.4 Å². The molecule has 1 unspecified atom stereocenters. The summed E-state index contributed by atoms with van der Waals surface area (Å²) in [4.78, 5) is 10.5. The third kappa shape index (κ3) is 2.89.